The molecular formula is C13H16FN3O. The SMILES string of the molecule is CC(CCC(=O)NN)n1ccc2ccc(F)cc21. The second-order valence-electron chi connectivity index (χ2n) is 4.38. The molecule has 0 fully saturated rings. The van der Waals surface area contributed by atoms with Crippen LogP contribution in [0.3, 0.4) is 0 Å². The van der Waals surface area contributed by atoms with Gasteiger partial charge in [0.15, 0.2) is 0 Å². The molecule has 0 saturated heterocycles. The minimum absolute atomic E-state index is 0.113. The van der Waals surface area contributed by atoms with Gasteiger partial charge in [0.25, 0.3) is 0 Å². The fourth-order valence-electron chi connectivity index (χ4n) is 2.06. The van der Waals surface area contributed by atoms with Crippen molar-refractivity contribution in [3.63, 3.8) is 0 Å². The standard InChI is InChI=1S/C13H16FN3O/c1-9(2-5-13(18)16-15)17-7-6-10-3-4-11(14)8-12(10)17/h3-4,6-9H,2,5,15H2,1H3,(H,16,18). The molecule has 0 radical (unpaired) electrons. The van der Waals surface area contributed by atoms with Crippen molar-refractivity contribution >= 4 is 16.8 Å². The van der Waals surface area contributed by atoms with Gasteiger partial charge in [-0.3, -0.25) is 10.2 Å². The maximum atomic E-state index is 13.2. The van der Waals surface area contributed by atoms with Crippen LogP contribution in [0.15, 0.2) is 30.5 Å². The van der Waals surface area contributed by atoms with E-state index >= 15 is 0 Å². The molecule has 1 amide bonds. The van der Waals surface area contributed by atoms with Gasteiger partial charge in [-0.2, -0.15) is 0 Å². The van der Waals surface area contributed by atoms with E-state index in [4.69, 9.17) is 5.84 Å². The Bertz CT molecular complexity index is 564. The highest BCUT2D eigenvalue weighted by Crippen LogP contribution is 2.23. The molecule has 0 spiro atoms. The van der Waals surface area contributed by atoms with Crippen LogP contribution in [0.25, 0.3) is 10.9 Å². The van der Waals surface area contributed by atoms with Crippen LogP contribution in [-0.2, 0) is 4.79 Å². The maximum absolute atomic E-state index is 13.2. The van der Waals surface area contributed by atoms with E-state index < -0.39 is 0 Å². The van der Waals surface area contributed by atoms with Gasteiger partial charge in [0.2, 0.25) is 5.91 Å². The van der Waals surface area contributed by atoms with Gasteiger partial charge < -0.3 is 4.57 Å². The van der Waals surface area contributed by atoms with Crippen molar-refractivity contribution in [1.82, 2.24) is 9.99 Å². The first kappa shape index (κ1) is 12.6. The summed E-state index contributed by atoms with van der Waals surface area (Å²) in [5, 5.41) is 0.992. The average Bonchev–Trinajstić information content (AvgIpc) is 2.78. The highest BCUT2D eigenvalue weighted by molar-refractivity contribution is 5.80. The smallest absolute Gasteiger partial charge is 0.233 e. The molecule has 1 unspecified atom stereocenters. The summed E-state index contributed by atoms with van der Waals surface area (Å²) in [5.41, 5.74) is 2.95. The summed E-state index contributed by atoms with van der Waals surface area (Å²) in [4.78, 5) is 11.1. The first-order chi connectivity index (χ1) is 8.61. The Labute approximate surface area is 105 Å². The topological polar surface area (TPSA) is 60.1 Å². The number of amides is 1. The maximum Gasteiger partial charge on any atom is 0.233 e. The fourth-order valence-corrected chi connectivity index (χ4v) is 2.06. The Balaban J connectivity index is 2.19. The van der Waals surface area contributed by atoms with Crippen LogP contribution in [-0.4, -0.2) is 10.5 Å². The first-order valence-corrected chi connectivity index (χ1v) is 5.87. The number of carbonyl (C=O) groups excluding carboxylic acids is 1. The summed E-state index contributed by atoms with van der Waals surface area (Å²) < 4.78 is 15.2. The van der Waals surface area contributed by atoms with Crippen molar-refractivity contribution in [3.05, 3.63) is 36.3 Å². The van der Waals surface area contributed by atoms with Crippen LogP contribution in [0, 0.1) is 5.82 Å². The van der Waals surface area contributed by atoms with E-state index in [0.29, 0.717) is 12.8 Å². The van der Waals surface area contributed by atoms with Crippen LogP contribution in [0.2, 0.25) is 0 Å². The number of hydrogen-bond acceptors (Lipinski definition) is 2. The van der Waals surface area contributed by atoms with Gasteiger partial charge in [-0.1, -0.05) is 0 Å². The summed E-state index contributed by atoms with van der Waals surface area (Å²) >= 11 is 0. The lowest BCUT2D eigenvalue weighted by Crippen LogP contribution is -2.30. The Hall–Kier alpha value is -1.88. The molecule has 5 heteroatoms. The van der Waals surface area contributed by atoms with E-state index in [1.165, 1.54) is 12.1 Å². The number of hydrazine groups is 1. The van der Waals surface area contributed by atoms with Gasteiger partial charge in [-0.15, -0.1) is 0 Å². The summed E-state index contributed by atoms with van der Waals surface area (Å²) in [7, 11) is 0. The van der Waals surface area contributed by atoms with Crippen LogP contribution in [0.1, 0.15) is 25.8 Å². The van der Waals surface area contributed by atoms with E-state index in [2.05, 4.69) is 5.43 Å². The van der Waals surface area contributed by atoms with Crippen LogP contribution >= 0.6 is 0 Å². The normalized spacial score (nSPS) is 12.6. The number of rotatable bonds is 4. The van der Waals surface area contributed by atoms with Crippen LogP contribution < -0.4 is 11.3 Å². The zero-order valence-electron chi connectivity index (χ0n) is 10.2. The predicted molar refractivity (Wildman–Crippen MR) is 68.2 cm³/mol. The van der Waals surface area contributed by atoms with Gasteiger partial charge in [0, 0.05) is 18.7 Å². The number of carbonyl (C=O) groups is 1. The molecule has 2 rings (SSSR count). The fraction of sp³-hybridized carbons (Fsp3) is 0.308. The number of nitrogens with zero attached hydrogens (tertiary/aromatic N) is 1. The first-order valence-electron chi connectivity index (χ1n) is 5.87. The van der Waals surface area contributed by atoms with Crippen LogP contribution in [0.4, 0.5) is 4.39 Å². The monoisotopic (exact) mass is 249 g/mol. The number of aromatic nitrogens is 1. The molecule has 1 atom stereocenters. The molecule has 96 valence electrons. The molecule has 0 bridgehead atoms. The van der Waals surface area contributed by atoms with Gasteiger partial charge in [-0.25, -0.2) is 10.2 Å². The molecular weight excluding hydrogens is 233 g/mol. The molecule has 0 aliphatic heterocycles. The van der Waals surface area contributed by atoms with Crippen molar-refractivity contribution in [2.24, 2.45) is 5.84 Å². The second kappa shape index (κ2) is 5.18. The zero-order chi connectivity index (χ0) is 13.1. The molecule has 0 saturated carbocycles. The molecule has 1 aromatic carbocycles. The minimum Gasteiger partial charge on any atom is -0.345 e. The average molecular weight is 249 g/mol. The van der Waals surface area contributed by atoms with Gasteiger partial charge >= 0.3 is 0 Å². The van der Waals surface area contributed by atoms with Gasteiger partial charge in [0.05, 0.1) is 5.52 Å². The van der Waals surface area contributed by atoms with E-state index in [1.807, 2.05) is 23.8 Å². The van der Waals surface area contributed by atoms with Crippen molar-refractivity contribution in [2.45, 2.75) is 25.8 Å². The largest absolute Gasteiger partial charge is 0.345 e. The number of benzene rings is 1. The summed E-state index contributed by atoms with van der Waals surface area (Å²) in [6.45, 7) is 1.99. The Morgan fingerprint density at radius 2 is 2.28 bits per heavy atom. The van der Waals surface area contributed by atoms with E-state index in [9.17, 15) is 9.18 Å². The lowest BCUT2D eigenvalue weighted by molar-refractivity contribution is -0.121. The van der Waals surface area contributed by atoms with Crippen molar-refractivity contribution in [3.8, 4) is 0 Å². The Kier molecular flexibility index (Phi) is 3.62. The van der Waals surface area contributed by atoms with Crippen molar-refractivity contribution in [1.29, 1.82) is 0 Å². The third-order valence-corrected chi connectivity index (χ3v) is 3.11. The van der Waals surface area contributed by atoms with Crippen molar-refractivity contribution in [2.75, 3.05) is 0 Å². The van der Waals surface area contributed by atoms with Gasteiger partial charge in [-0.05, 0) is 43.0 Å². The van der Waals surface area contributed by atoms with Crippen LogP contribution in [0.5, 0.6) is 0 Å². The van der Waals surface area contributed by atoms with Gasteiger partial charge in [0.1, 0.15) is 5.82 Å². The lowest BCUT2D eigenvalue weighted by atomic mass is 10.1. The number of nitrogens with one attached hydrogen (secondary N) is 1. The molecule has 0 aliphatic rings. The predicted octanol–water partition coefficient (Wildman–Crippen LogP) is 2.11. The Morgan fingerprint density at radius 1 is 1.50 bits per heavy atom. The number of hydrogen-bond donors (Lipinski definition) is 2. The summed E-state index contributed by atoms with van der Waals surface area (Å²) in [5.74, 6) is 4.59. The number of nitrogens with two attached hydrogens (primary N) is 1. The number of halogens is 1. The highest BCUT2D eigenvalue weighted by Gasteiger charge is 2.10. The molecule has 2 aromatic rings. The molecule has 1 heterocycles. The van der Waals surface area contributed by atoms with E-state index in [-0.39, 0.29) is 17.8 Å². The second-order valence-corrected chi connectivity index (χ2v) is 4.38. The number of fused-ring (bicyclic) bond motifs is 1. The summed E-state index contributed by atoms with van der Waals surface area (Å²) in [6, 6.07) is 6.75. The molecule has 0 aliphatic carbocycles. The molecule has 3 N–H and O–H groups in total. The van der Waals surface area contributed by atoms with E-state index in [0.717, 1.165) is 10.9 Å². The highest BCUT2D eigenvalue weighted by atomic mass is 19.1. The molecule has 4 nitrogen and oxygen atoms in total. The Morgan fingerprint density at radius 3 is 3.00 bits per heavy atom. The third kappa shape index (κ3) is 2.51. The molecule has 18 heavy (non-hydrogen) atoms. The van der Waals surface area contributed by atoms with E-state index in [1.54, 1.807) is 6.07 Å². The molecule has 1 aromatic heterocycles. The van der Waals surface area contributed by atoms with Crippen molar-refractivity contribution < 1.29 is 9.18 Å². The third-order valence-electron chi connectivity index (χ3n) is 3.11. The minimum atomic E-state index is -0.255. The quantitative estimate of drug-likeness (QED) is 0.495. The lowest BCUT2D eigenvalue weighted by Gasteiger charge is -2.14. The zero-order valence-corrected chi connectivity index (χ0v) is 10.2. The summed E-state index contributed by atoms with van der Waals surface area (Å²) in [6.07, 6.45) is 2.92.